The molecular formula is C16H14BrN3O3S. The molecule has 0 saturated carbocycles. The number of piperidine rings is 1. The number of rotatable bonds is 3. The monoisotopic (exact) mass is 407 g/mol. The Kier molecular flexibility index (Phi) is 4.24. The summed E-state index contributed by atoms with van der Waals surface area (Å²) < 4.78 is 11.7. The van der Waals surface area contributed by atoms with Crippen LogP contribution in [0.4, 0.5) is 0 Å². The Morgan fingerprint density at radius 3 is 2.96 bits per heavy atom. The highest BCUT2D eigenvalue weighted by Crippen LogP contribution is 2.30. The number of likely N-dealkylation sites (tertiary alicyclic amines) is 1. The van der Waals surface area contributed by atoms with E-state index >= 15 is 0 Å². The van der Waals surface area contributed by atoms with Gasteiger partial charge in [-0.15, -0.1) is 10.2 Å². The molecule has 1 atom stereocenters. The third-order valence-corrected chi connectivity index (χ3v) is 5.16. The zero-order valence-corrected chi connectivity index (χ0v) is 15.0. The number of carbonyl (C=O) groups is 1. The van der Waals surface area contributed by atoms with Gasteiger partial charge >= 0.3 is 0 Å². The molecule has 124 valence electrons. The number of amides is 1. The van der Waals surface area contributed by atoms with Gasteiger partial charge in [0.05, 0.1) is 5.92 Å². The predicted octanol–water partition coefficient (Wildman–Crippen LogP) is 4.17. The highest BCUT2D eigenvalue weighted by Gasteiger charge is 2.30. The first-order chi connectivity index (χ1) is 11.7. The fourth-order valence-electron chi connectivity index (χ4n) is 2.85. The van der Waals surface area contributed by atoms with Crippen molar-refractivity contribution in [2.75, 3.05) is 13.1 Å². The van der Waals surface area contributed by atoms with E-state index in [1.54, 1.807) is 28.4 Å². The molecule has 1 fully saturated rings. The minimum atomic E-state index is -0.108. The molecular weight excluding hydrogens is 394 g/mol. The van der Waals surface area contributed by atoms with Crippen LogP contribution in [0.3, 0.4) is 0 Å². The van der Waals surface area contributed by atoms with Crippen LogP contribution in [-0.4, -0.2) is 34.1 Å². The summed E-state index contributed by atoms with van der Waals surface area (Å²) in [5.74, 6) is 1.41. The van der Waals surface area contributed by atoms with Crippen molar-refractivity contribution in [1.82, 2.24) is 15.1 Å². The molecule has 0 bridgehead atoms. The molecule has 1 amide bonds. The number of carbonyl (C=O) groups excluding carboxylic acids is 1. The molecule has 0 spiro atoms. The minimum absolute atomic E-state index is 0.0565. The predicted molar refractivity (Wildman–Crippen MR) is 91.9 cm³/mol. The van der Waals surface area contributed by atoms with Gasteiger partial charge in [0.25, 0.3) is 5.91 Å². The maximum absolute atomic E-state index is 12.5. The van der Waals surface area contributed by atoms with Crippen LogP contribution in [0.15, 0.2) is 42.5 Å². The number of halogens is 1. The molecule has 0 N–H and O–H groups in total. The van der Waals surface area contributed by atoms with E-state index in [9.17, 15) is 4.79 Å². The first-order valence-corrected chi connectivity index (χ1v) is 9.35. The van der Waals surface area contributed by atoms with Gasteiger partial charge in [0.15, 0.2) is 10.4 Å². The molecule has 1 saturated heterocycles. The van der Waals surface area contributed by atoms with Crippen LogP contribution in [0.2, 0.25) is 0 Å². The fourth-order valence-corrected chi connectivity index (χ4v) is 3.79. The summed E-state index contributed by atoms with van der Waals surface area (Å²) in [4.78, 5) is 14.3. The Balaban J connectivity index is 1.50. The van der Waals surface area contributed by atoms with Crippen molar-refractivity contribution in [2.24, 2.45) is 0 Å². The summed E-state index contributed by atoms with van der Waals surface area (Å²) in [5.41, 5.74) is 0.933. The van der Waals surface area contributed by atoms with Crippen molar-refractivity contribution in [3.8, 4) is 11.5 Å². The van der Waals surface area contributed by atoms with E-state index in [0.717, 1.165) is 18.4 Å². The second-order valence-corrected chi connectivity index (χ2v) is 7.21. The number of hydrogen-bond donors (Lipinski definition) is 0. The van der Waals surface area contributed by atoms with Crippen LogP contribution in [0.25, 0.3) is 11.5 Å². The average molecular weight is 408 g/mol. The lowest BCUT2D eigenvalue weighted by Gasteiger charge is -2.30. The van der Waals surface area contributed by atoms with E-state index in [1.165, 1.54) is 0 Å². The molecule has 8 heteroatoms. The lowest BCUT2D eigenvalue weighted by Crippen LogP contribution is -2.39. The molecule has 1 aliphatic heterocycles. The van der Waals surface area contributed by atoms with Crippen LogP contribution >= 0.6 is 27.3 Å². The van der Waals surface area contributed by atoms with Crippen molar-refractivity contribution >= 4 is 33.2 Å². The highest BCUT2D eigenvalue weighted by atomic mass is 79.9. The number of hydrogen-bond acceptors (Lipinski definition) is 6. The van der Waals surface area contributed by atoms with E-state index in [1.807, 2.05) is 16.8 Å². The van der Waals surface area contributed by atoms with E-state index in [0.29, 0.717) is 35.3 Å². The Bertz CT molecular complexity index is 843. The molecule has 1 unspecified atom stereocenters. The van der Waals surface area contributed by atoms with Gasteiger partial charge in [-0.25, -0.2) is 0 Å². The average Bonchev–Trinajstić information content (AvgIpc) is 3.35. The molecule has 0 aromatic carbocycles. The van der Waals surface area contributed by atoms with Gasteiger partial charge in [-0.2, -0.15) is 11.3 Å². The van der Waals surface area contributed by atoms with Crippen molar-refractivity contribution < 1.29 is 13.6 Å². The second-order valence-electron chi connectivity index (χ2n) is 5.65. The van der Waals surface area contributed by atoms with Crippen LogP contribution in [0.1, 0.15) is 35.2 Å². The first kappa shape index (κ1) is 15.6. The zero-order chi connectivity index (χ0) is 16.5. The van der Waals surface area contributed by atoms with Crippen molar-refractivity contribution in [3.05, 3.63) is 45.3 Å². The molecule has 24 heavy (non-hydrogen) atoms. The Morgan fingerprint density at radius 2 is 2.21 bits per heavy atom. The highest BCUT2D eigenvalue weighted by molar-refractivity contribution is 9.10. The first-order valence-electron chi connectivity index (χ1n) is 7.61. The number of nitrogens with zero attached hydrogens (tertiary/aromatic N) is 3. The molecule has 3 aromatic heterocycles. The van der Waals surface area contributed by atoms with Gasteiger partial charge < -0.3 is 13.7 Å². The quantitative estimate of drug-likeness (QED) is 0.651. The van der Waals surface area contributed by atoms with E-state index in [-0.39, 0.29) is 11.8 Å². The molecule has 1 aliphatic rings. The van der Waals surface area contributed by atoms with Crippen molar-refractivity contribution in [3.63, 3.8) is 0 Å². The topological polar surface area (TPSA) is 72.4 Å². The second kappa shape index (κ2) is 6.52. The van der Waals surface area contributed by atoms with Gasteiger partial charge in [0.2, 0.25) is 11.8 Å². The fraction of sp³-hybridized carbons (Fsp3) is 0.312. The Labute approximate surface area is 150 Å². The molecule has 6 nitrogen and oxygen atoms in total. The normalized spacial score (nSPS) is 18.0. The standard InChI is InChI=1S/C16H14BrN3O3S/c17-13-4-3-12(22-13)16(21)20-6-1-2-10(8-20)14-18-19-15(23-14)11-5-7-24-9-11/h3-5,7,9-10H,1-2,6,8H2. The van der Waals surface area contributed by atoms with Gasteiger partial charge in [-0.1, -0.05) is 0 Å². The van der Waals surface area contributed by atoms with Crippen LogP contribution in [-0.2, 0) is 0 Å². The Morgan fingerprint density at radius 1 is 1.29 bits per heavy atom. The third-order valence-electron chi connectivity index (χ3n) is 4.05. The van der Waals surface area contributed by atoms with Gasteiger partial charge in [-0.3, -0.25) is 4.79 Å². The van der Waals surface area contributed by atoms with Crippen LogP contribution in [0, 0.1) is 0 Å². The summed E-state index contributed by atoms with van der Waals surface area (Å²) in [5, 5.41) is 12.3. The maximum atomic E-state index is 12.5. The molecule has 4 rings (SSSR count). The number of aromatic nitrogens is 2. The smallest absolute Gasteiger partial charge is 0.289 e. The van der Waals surface area contributed by atoms with Gasteiger partial charge in [0, 0.05) is 24.0 Å². The molecule has 3 aromatic rings. The van der Waals surface area contributed by atoms with E-state index in [2.05, 4.69) is 26.1 Å². The summed E-state index contributed by atoms with van der Waals surface area (Å²) in [6.45, 7) is 1.27. The lowest BCUT2D eigenvalue weighted by atomic mass is 9.98. The third kappa shape index (κ3) is 3.03. The molecule has 0 radical (unpaired) electrons. The SMILES string of the molecule is O=C(c1ccc(Br)o1)N1CCCC(c2nnc(-c3ccsc3)o2)C1. The van der Waals surface area contributed by atoms with Crippen molar-refractivity contribution in [2.45, 2.75) is 18.8 Å². The number of thiophene rings is 1. The molecule has 0 aliphatic carbocycles. The van der Waals surface area contributed by atoms with Gasteiger partial charge in [0.1, 0.15) is 0 Å². The zero-order valence-electron chi connectivity index (χ0n) is 12.6. The maximum Gasteiger partial charge on any atom is 0.289 e. The van der Waals surface area contributed by atoms with Crippen molar-refractivity contribution in [1.29, 1.82) is 0 Å². The largest absolute Gasteiger partial charge is 0.444 e. The van der Waals surface area contributed by atoms with E-state index < -0.39 is 0 Å². The number of furan rings is 1. The molecule has 4 heterocycles. The van der Waals surface area contributed by atoms with E-state index in [4.69, 9.17) is 8.83 Å². The van der Waals surface area contributed by atoms with Crippen LogP contribution in [0.5, 0.6) is 0 Å². The minimum Gasteiger partial charge on any atom is -0.444 e. The summed E-state index contributed by atoms with van der Waals surface area (Å²) in [6, 6.07) is 5.35. The Hall–Kier alpha value is -1.93. The van der Waals surface area contributed by atoms with Gasteiger partial charge in [-0.05, 0) is 52.4 Å². The lowest BCUT2D eigenvalue weighted by molar-refractivity contribution is 0.0665. The summed E-state index contributed by atoms with van der Waals surface area (Å²) >= 11 is 4.81. The summed E-state index contributed by atoms with van der Waals surface area (Å²) in [6.07, 6.45) is 1.82. The summed E-state index contributed by atoms with van der Waals surface area (Å²) in [7, 11) is 0. The van der Waals surface area contributed by atoms with Crippen LogP contribution < -0.4 is 0 Å².